The van der Waals surface area contributed by atoms with Crippen molar-refractivity contribution in [2.75, 3.05) is 45.9 Å². The number of hydrogen-bond acceptors (Lipinski definition) is 6. The van der Waals surface area contributed by atoms with Gasteiger partial charge in [0.1, 0.15) is 0 Å². The van der Waals surface area contributed by atoms with E-state index in [4.69, 9.17) is 4.74 Å². The number of nitrogens with one attached hydrogen (secondary N) is 2. The molecule has 0 aromatic heterocycles. The minimum absolute atomic E-state index is 0.0258. The van der Waals surface area contributed by atoms with E-state index < -0.39 is 10.0 Å². The third kappa shape index (κ3) is 6.99. The van der Waals surface area contributed by atoms with Gasteiger partial charge in [0.05, 0.1) is 17.5 Å². The zero-order valence-electron chi connectivity index (χ0n) is 19.1. The van der Waals surface area contributed by atoms with Gasteiger partial charge in [0.15, 0.2) is 0 Å². The van der Waals surface area contributed by atoms with Crippen molar-refractivity contribution in [3.8, 4) is 0 Å². The van der Waals surface area contributed by atoms with Crippen molar-refractivity contribution in [3.05, 3.63) is 29.8 Å². The second-order valence-corrected chi connectivity index (χ2v) is 11.1. The fraction of sp³-hybridized carbons (Fsp3) is 0.636. The Bertz CT molecular complexity index is 897. The highest BCUT2D eigenvalue weighted by Crippen LogP contribution is 2.16. The Morgan fingerprint density at radius 2 is 1.75 bits per heavy atom. The van der Waals surface area contributed by atoms with Crippen LogP contribution >= 0.6 is 0 Å². The lowest BCUT2D eigenvalue weighted by Gasteiger charge is -2.35. The summed E-state index contributed by atoms with van der Waals surface area (Å²) in [4.78, 5) is 28.8. The van der Waals surface area contributed by atoms with Gasteiger partial charge in [0.2, 0.25) is 15.9 Å². The lowest BCUT2D eigenvalue weighted by Crippen LogP contribution is -2.52. The maximum Gasteiger partial charge on any atom is 0.253 e. The minimum atomic E-state index is -3.65. The average Bonchev–Trinajstić information content (AvgIpc) is 3.25. The molecule has 178 valence electrons. The number of rotatable bonds is 7. The van der Waals surface area contributed by atoms with Gasteiger partial charge in [-0.3, -0.25) is 14.5 Å². The van der Waals surface area contributed by atoms with Gasteiger partial charge < -0.3 is 15.0 Å². The lowest BCUT2D eigenvalue weighted by molar-refractivity contribution is -0.124. The number of carbonyl (C=O) groups is 2. The molecule has 0 aliphatic carbocycles. The summed E-state index contributed by atoms with van der Waals surface area (Å²) in [6.07, 6.45) is 1.72. The first kappa shape index (κ1) is 24.6. The molecule has 2 fully saturated rings. The molecule has 10 heteroatoms. The summed E-state index contributed by atoms with van der Waals surface area (Å²) >= 11 is 0. The summed E-state index contributed by atoms with van der Waals surface area (Å²) in [7, 11) is -3.65. The SMILES string of the molecule is CC(C)(C)NC(=O)CN1CCN(C(=O)c2ccc(S(=O)(=O)NC[C@@H]3CCCO3)cc2)CC1. The lowest BCUT2D eigenvalue weighted by atomic mass is 10.1. The van der Waals surface area contributed by atoms with Crippen LogP contribution in [0.4, 0.5) is 0 Å². The minimum Gasteiger partial charge on any atom is -0.377 e. The van der Waals surface area contributed by atoms with Crippen molar-refractivity contribution < 1.29 is 22.7 Å². The molecular weight excluding hydrogens is 432 g/mol. The monoisotopic (exact) mass is 466 g/mol. The first-order valence-corrected chi connectivity index (χ1v) is 12.6. The van der Waals surface area contributed by atoms with Gasteiger partial charge in [-0.1, -0.05) is 0 Å². The number of ether oxygens (including phenoxy) is 1. The molecule has 2 saturated heterocycles. The zero-order valence-corrected chi connectivity index (χ0v) is 19.9. The van der Waals surface area contributed by atoms with Gasteiger partial charge in [0.25, 0.3) is 5.91 Å². The Hall–Kier alpha value is -2.01. The van der Waals surface area contributed by atoms with Gasteiger partial charge in [-0.25, -0.2) is 13.1 Å². The number of nitrogens with zero attached hydrogens (tertiary/aromatic N) is 2. The van der Waals surface area contributed by atoms with Crippen LogP contribution in [0.3, 0.4) is 0 Å². The molecule has 1 aromatic rings. The van der Waals surface area contributed by atoms with Crippen LogP contribution in [0.25, 0.3) is 0 Å². The van der Waals surface area contributed by atoms with Crippen LogP contribution in [0.5, 0.6) is 0 Å². The first-order valence-electron chi connectivity index (χ1n) is 11.1. The van der Waals surface area contributed by atoms with E-state index in [1.54, 1.807) is 17.0 Å². The van der Waals surface area contributed by atoms with Gasteiger partial charge >= 0.3 is 0 Å². The van der Waals surface area contributed by atoms with Crippen LogP contribution in [0.15, 0.2) is 29.2 Å². The standard InChI is InChI=1S/C22H34N4O5S/c1-22(2,3)24-20(27)16-25-10-12-26(13-11-25)21(28)17-6-8-19(9-7-17)32(29,30)23-15-18-5-4-14-31-18/h6-9,18,23H,4-5,10-16H2,1-3H3,(H,24,27)/t18-/m0/s1. The number of sulfonamides is 1. The van der Waals surface area contributed by atoms with Crippen LogP contribution < -0.4 is 10.0 Å². The number of benzene rings is 1. The molecule has 2 heterocycles. The van der Waals surface area contributed by atoms with E-state index in [0.717, 1.165) is 12.8 Å². The van der Waals surface area contributed by atoms with Gasteiger partial charge in [-0.15, -0.1) is 0 Å². The molecule has 0 bridgehead atoms. The molecule has 1 aromatic carbocycles. The van der Waals surface area contributed by atoms with E-state index >= 15 is 0 Å². The molecule has 3 rings (SSSR count). The first-order chi connectivity index (χ1) is 15.0. The second-order valence-electron chi connectivity index (χ2n) is 9.38. The molecule has 2 N–H and O–H groups in total. The van der Waals surface area contributed by atoms with E-state index in [2.05, 4.69) is 10.0 Å². The quantitative estimate of drug-likeness (QED) is 0.616. The molecule has 0 saturated carbocycles. The maximum absolute atomic E-state index is 12.8. The smallest absolute Gasteiger partial charge is 0.253 e. The van der Waals surface area contributed by atoms with E-state index in [1.165, 1.54) is 12.1 Å². The predicted octanol–water partition coefficient (Wildman–Crippen LogP) is 0.816. The second kappa shape index (κ2) is 10.3. The fourth-order valence-corrected chi connectivity index (χ4v) is 4.89. The maximum atomic E-state index is 12.8. The topological polar surface area (TPSA) is 108 Å². The molecule has 2 aliphatic heterocycles. The molecule has 2 amide bonds. The molecular formula is C22H34N4O5S. The van der Waals surface area contributed by atoms with Gasteiger partial charge in [-0.05, 0) is 57.9 Å². The Morgan fingerprint density at radius 3 is 2.31 bits per heavy atom. The summed E-state index contributed by atoms with van der Waals surface area (Å²) in [5.74, 6) is -0.165. The highest BCUT2D eigenvalue weighted by atomic mass is 32.2. The summed E-state index contributed by atoms with van der Waals surface area (Å²) in [6, 6.07) is 6.01. The molecule has 32 heavy (non-hydrogen) atoms. The molecule has 2 aliphatic rings. The molecule has 1 atom stereocenters. The van der Waals surface area contributed by atoms with Crippen LogP contribution in [-0.4, -0.2) is 87.6 Å². The van der Waals surface area contributed by atoms with E-state index in [0.29, 0.717) is 44.9 Å². The highest BCUT2D eigenvalue weighted by Gasteiger charge is 2.25. The zero-order chi connectivity index (χ0) is 23.4. The van der Waals surface area contributed by atoms with Gasteiger partial charge in [-0.2, -0.15) is 0 Å². The van der Waals surface area contributed by atoms with Crippen LogP contribution in [0.2, 0.25) is 0 Å². The van der Waals surface area contributed by atoms with Crippen molar-refractivity contribution >= 4 is 21.8 Å². The average molecular weight is 467 g/mol. The van der Waals surface area contributed by atoms with Crippen molar-refractivity contribution in [1.29, 1.82) is 0 Å². The summed E-state index contributed by atoms with van der Waals surface area (Å²) < 4.78 is 33.0. The predicted molar refractivity (Wildman–Crippen MR) is 121 cm³/mol. The number of hydrogen-bond donors (Lipinski definition) is 2. The largest absolute Gasteiger partial charge is 0.377 e. The van der Waals surface area contributed by atoms with Crippen molar-refractivity contribution in [2.45, 2.75) is 50.2 Å². The van der Waals surface area contributed by atoms with Crippen LogP contribution in [0.1, 0.15) is 44.0 Å². The number of piperazine rings is 1. The third-order valence-corrected chi connectivity index (χ3v) is 6.92. The van der Waals surface area contributed by atoms with Crippen molar-refractivity contribution in [1.82, 2.24) is 19.8 Å². The fourth-order valence-electron chi connectivity index (χ4n) is 3.82. The Labute approximate surface area is 190 Å². The number of carbonyl (C=O) groups excluding carboxylic acids is 2. The van der Waals surface area contributed by atoms with Gasteiger partial charge in [0, 0.05) is 50.4 Å². The molecule has 9 nitrogen and oxygen atoms in total. The summed E-state index contributed by atoms with van der Waals surface area (Å²) in [6.45, 7) is 9.32. The van der Waals surface area contributed by atoms with Crippen molar-refractivity contribution in [3.63, 3.8) is 0 Å². The molecule has 0 radical (unpaired) electrons. The Balaban J connectivity index is 1.50. The summed E-state index contributed by atoms with van der Waals surface area (Å²) in [5, 5.41) is 2.95. The Kier molecular flexibility index (Phi) is 7.92. The van der Waals surface area contributed by atoms with Crippen LogP contribution in [-0.2, 0) is 19.6 Å². The number of amides is 2. The normalized spacial score (nSPS) is 20.3. The van der Waals surface area contributed by atoms with Crippen molar-refractivity contribution in [2.24, 2.45) is 0 Å². The van der Waals surface area contributed by atoms with Crippen LogP contribution in [0, 0.1) is 0 Å². The van der Waals surface area contributed by atoms with E-state index in [9.17, 15) is 18.0 Å². The van der Waals surface area contributed by atoms with E-state index in [-0.39, 0.29) is 34.9 Å². The van der Waals surface area contributed by atoms with E-state index in [1.807, 2.05) is 25.7 Å². The molecule has 0 spiro atoms. The third-order valence-electron chi connectivity index (χ3n) is 5.48. The summed E-state index contributed by atoms with van der Waals surface area (Å²) in [5.41, 5.74) is 0.177. The Morgan fingerprint density at radius 1 is 1.09 bits per heavy atom. The molecule has 0 unspecified atom stereocenters. The highest BCUT2D eigenvalue weighted by molar-refractivity contribution is 7.89.